The minimum absolute atomic E-state index is 0.0214. The summed E-state index contributed by atoms with van der Waals surface area (Å²) in [6.07, 6.45) is 2.63. The number of nitrogens with zero attached hydrogens (tertiary/aromatic N) is 2. The zero-order valence-corrected chi connectivity index (χ0v) is 13.6. The lowest BCUT2D eigenvalue weighted by atomic mass is 10.0. The zero-order chi connectivity index (χ0) is 16.4. The number of aromatic nitrogens is 1. The van der Waals surface area contributed by atoms with Gasteiger partial charge in [-0.1, -0.05) is 5.16 Å². The van der Waals surface area contributed by atoms with E-state index < -0.39 is 0 Å². The number of aryl methyl sites for hydroxylation is 2. The maximum absolute atomic E-state index is 12.5. The van der Waals surface area contributed by atoms with Gasteiger partial charge < -0.3 is 19.5 Å². The van der Waals surface area contributed by atoms with Gasteiger partial charge in [-0.05, 0) is 33.1 Å². The zero-order valence-electron chi connectivity index (χ0n) is 13.6. The van der Waals surface area contributed by atoms with Crippen molar-refractivity contribution in [1.29, 1.82) is 0 Å². The van der Waals surface area contributed by atoms with E-state index in [4.69, 9.17) is 9.26 Å². The Morgan fingerprint density at radius 1 is 1.35 bits per heavy atom. The fourth-order valence-corrected chi connectivity index (χ4v) is 3.37. The van der Waals surface area contributed by atoms with Crippen LogP contribution in [-0.4, -0.2) is 53.7 Å². The molecule has 0 aromatic carbocycles. The molecule has 0 spiro atoms. The SMILES string of the molecule is Cc1noc(C)c1CCC(=O)N1CC[C@@H]2NC(=O)CO[C@H]2CC1. The van der Waals surface area contributed by atoms with E-state index in [0.29, 0.717) is 25.9 Å². The molecule has 2 aliphatic rings. The van der Waals surface area contributed by atoms with Gasteiger partial charge in [0, 0.05) is 25.1 Å². The van der Waals surface area contributed by atoms with Gasteiger partial charge in [-0.25, -0.2) is 0 Å². The molecule has 2 aliphatic heterocycles. The molecule has 2 fully saturated rings. The fourth-order valence-electron chi connectivity index (χ4n) is 3.37. The second-order valence-electron chi connectivity index (χ2n) is 6.28. The monoisotopic (exact) mass is 321 g/mol. The third-order valence-corrected chi connectivity index (χ3v) is 4.74. The van der Waals surface area contributed by atoms with Crippen LogP contribution in [0.4, 0.5) is 0 Å². The number of hydrogen-bond donors (Lipinski definition) is 1. The number of likely N-dealkylation sites (tertiary alicyclic amines) is 1. The summed E-state index contributed by atoms with van der Waals surface area (Å²) in [6, 6.07) is 0.0246. The Balaban J connectivity index is 1.55. The van der Waals surface area contributed by atoms with Crippen molar-refractivity contribution >= 4 is 11.8 Å². The quantitative estimate of drug-likeness (QED) is 0.887. The lowest BCUT2D eigenvalue weighted by molar-refractivity contribution is -0.137. The van der Waals surface area contributed by atoms with E-state index in [0.717, 1.165) is 29.9 Å². The van der Waals surface area contributed by atoms with E-state index in [2.05, 4.69) is 10.5 Å². The molecule has 3 rings (SSSR count). The smallest absolute Gasteiger partial charge is 0.246 e. The molecule has 1 aromatic rings. The van der Waals surface area contributed by atoms with E-state index in [9.17, 15) is 9.59 Å². The first-order valence-corrected chi connectivity index (χ1v) is 8.15. The summed E-state index contributed by atoms with van der Waals surface area (Å²) < 4.78 is 10.7. The van der Waals surface area contributed by atoms with E-state index in [1.807, 2.05) is 18.7 Å². The molecule has 3 heterocycles. The molecule has 7 nitrogen and oxygen atoms in total. The van der Waals surface area contributed by atoms with Gasteiger partial charge in [0.05, 0.1) is 17.8 Å². The van der Waals surface area contributed by atoms with Gasteiger partial charge in [0.25, 0.3) is 0 Å². The molecular formula is C16H23N3O4. The second kappa shape index (κ2) is 6.70. The summed E-state index contributed by atoms with van der Waals surface area (Å²) in [5, 5.41) is 6.89. The van der Waals surface area contributed by atoms with Crippen LogP contribution in [0.25, 0.3) is 0 Å². The first kappa shape index (κ1) is 16.0. The Morgan fingerprint density at radius 2 is 2.13 bits per heavy atom. The van der Waals surface area contributed by atoms with Gasteiger partial charge >= 0.3 is 0 Å². The van der Waals surface area contributed by atoms with Crippen LogP contribution in [0.1, 0.15) is 36.3 Å². The van der Waals surface area contributed by atoms with Crippen molar-refractivity contribution < 1.29 is 18.8 Å². The van der Waals surface area contributed by atoms with Crippen LogP contribution in [0.15, 0.2) is 4.52 Å². The number of morpholine rings is 1. The molecule has 0 saturated carbocycles. The van der Waals surface area contributed by atoms with Crippen LogP contribution in [0.5, 0.6) is 0 Å². The normalized spacial score (nSPS) is 24.8. The molecule has 126 valence electrons. The molecule has 1 N–H and O–H groups in total. The molecule has 1 aromatic heterocycles. The van der Waals surface area contributed by atoms with E-state index in [-0.39, 0.29) is 30.6 Å². The minimum atomic E-state index is -0.0653. The molecule has 0 bridgehead atoms. The first-order chi connectivity index (χ1) is 11.0. The Hall–Kier alpha value is -1.89. The highest BCUT2D eigenvalue weighted by atomic mass is 16.5. The van der Waals surface area contributed by atoms with Crippen molar-refractivity contribution in [2.24, 2.45) is 0 Å². The highest BCUT2D eigenvalue weighted by Crippen LogP contribution is 2.20. The summed E-state index contributed by atoms with van der Waals surface area (Å²) in [5.41, 5.74) is 1.88. The molecule has 0 aliphatic carbocycles. The fraction of sp³-hybridized carbons (Fsp3) is 0.688. The number of rotatable bonds is 3. The number of fused-ring (bicyclic) bond motifs is 1. The van der Waals surface area contributed by atoms with E-state index in [1.54, 1.807) is 0 Å². The standard InChI is InChI=1S/C16H23N3O4/c1-10-12(11(2)23-18-10)3-4-16(21)19-7-5-13-14(6-8-19)22-9-15(20)17-13/h13-14H,3-9H2,1-2H3,(H,17,20)/t13-,14-/m0/s1. The van der Waals surface area contributed by atoms with Gasteiger partial charge in [0.1, 0.15) is 12.4 Å². The number of amides is 2. The summed E-state index contributed by atoms with van der Waals surface area (Å²) in [4.78, 5) is 25.8. The van der Waals surface area contributed by atoms with Crippen molar-refractivity contribution in [2.45, 2.75) is 51.7 Å². The molecule has 2 atom stereocenters. The van der Waals surface area contributed by atoms with Gasteiger partial charge in [0.15, 0.2) is 0 Å². The van der Waals surface area contributed by atoms with Crippen molar-refractivity contribution in [3.8, 4) is 0 Å². The third kappa shape index (κ3) is 3.55. The first-order valence-electron chi connectivity index (χ1n) is 8.15. The predicted molar refractivity (Wildman–Crippen MR) is 81.8 cm³/mol. The van der Waals surface area contributed by atoms with Crippen molar-refractivity contribution in [3.05, 3.63) is 17.0 Å². The Bertz CT molecular complexity index is 579. The van der Waals surface area contributed by atoms with Crippen LogP contribution in [0.3, 0.4) is 0 Å². The van der Waals surface area contributed by atoms with Crippen molar-refractivity contribution in [2.75, 3.05) is 19.7 Å². The molecule has 0 unspecified atom stereocenters. The minimum Gasteiger partial charge on any atom is -0.366 e. The Labute approximate surface area is 135 Å². The third-order valence-electron chi connectivity index (χ3n) is 4.74. The summed E-state index contributed by atoms with van der Waals surface area (Å²) in [7, 11) is 0. The van der Waals surface area contributed by atoms with Crippen LogP contribution >= 0.6 is 0 Å². The average Bonchev–Trinajstić information content (AvgIpc) is 2.74. The highest BCUT2D eigenvalue weighted by Gasteiger charge is 2.33. The topological polar surface area (TPSA) is 84.7 Å². The Kier molecular flexibility index (Phi) is 4.66. The number of carbonyl (C=O) groups is 2. The van der Waals surface area contributed by atoms with Crippen molar-refractivity contribution in [1.82, 2.24) is 15.4 Å². The van der Waals surface area contributed by atoms with E-state index >= 15 is 0 Å². The Morgan fingerprint density at radius 3 is 2.87 bits per heavy atom. The van der Waals surface area contributed by atoms with Gasteiger partial charge in [-0.15, -0.1) is 0 Å². The molecule has 2 amide bonds. The van der Waals surface area contributed by atoms with Gasteiger partial charge in [0.2, 0.25) is 11.8 Å². The highest BCUT2D eigenvalue weighted by molar-refractivity contribution is 5.78. The van der Waals surface area contributed by atoms with E-state index in [1.165, 1.54) is 0 Å². The predicted octanol–water partition coefficient (Wildman–Crippen LogP) is 0.730. The second-order valence-corrected chi connectivity index (χ2v) is 6.28. The number of nitrogens with one attached hydrogen (secondary N) is 1. The van der Waals surface area contributed by atoms with Gasteiger partial charge in [-0.2, -0.15) is 0 Å². The largest absolute Gasteiger partial charge is 0.366 e. The molecule has 23 heavy (non-hydrogen) atoms. The molecular weight excluding hydrogens is 298 g/mol. The average molecular weight is 321 g/mol. The van der Waals surface area contributed by atoms with Crippen molar-refractivity contribution in [3.63, 3.8) is 0 Å². The molecule has 2 saturated heterocycles. The maximum Gasteiger partial charge on any atom is 0.246 e. The van der Waals surface area contributed by atoms with Crippen LogP contribution < -0.4 is 5.32 Å². The molecule has 7 heteroatoms. The molecule has 0 radical (unpaired) electrons. The number of carbonyl (C=O) groups excluding carboxylic acids is 2. The lowest BCUT2D eigenvalue weighted by Crippen LogP contribution is -2.51. The lowest BCUT2D eigenvalue weighted by Gasteiger charge is -2.30. The summed E-state index contributed by atoms with van der Waals surface area (Å²) in [6.45, 7) is 5.23. The van der Waals surface area contributed by atoms with Crippen LogP contribution in [0, 0.1) is 13.8 Å². The summed E-state index contributed by atoms with van der Waals surface area (Å²) >= 11 is 0. The number of hydrogen-bond acceptors (Lipinski definition) is 5. The van der Waals surface area contributed by atoms with Crippen LogP contribution in [-0.2, 0) is 20.7 Å². The van der Waals surface area contributed by atoms with Crippen LogP contribution in [0.2, 0.25) is 0 Å². The number of ether oxygens (including phenoxy) is 1. The summed E-state index contributed by atoms with van der Waals surface area (Å²) in [5.74, 6) is 0.854. The van der Waals surface area contributed by atoms with Gasteiger partial charge in [-0.3, -0.25) is 9.59 Å². The maximum atomic E-state index is 12.5.